The number of sulfonamides is 1. The molecule has 0 saturated carbocycles. The summed E-state index contributed by atoms with van der Waals surface area (Å²) in [7, 11) is -7.28. The van der Waals surface area contributed by atoms with Crippen molar-refractivity contribution in [1.29, 1.82) is 5.26 Å². The summed E-state index contributed by atoms with van der Waals surface area (Å²) in [6.45, 7) is 0.208. The fourth-order valence-electron chi connectivity index (χ4n) is 4.80. The maximum absolute atomic E-state index is 13.5. The molecule has 2 unspecified atom stereocenters. The minimum atomic E-state index is -3.92. The number of hydrogen-bond acceptors (Lipinski definition) is 9. The zero-order valence-corrected chi connectivity index (χ0v) is 22.7. The van der Waals surface area contributed by atoms with Crippen molar-refractivity contribution < 1.29 is 26.0 Å². The van der Waals surface area contributed by atoms with Crippen LogP contribution in [0.1, 0.15) is 35.0 Å². The summed E-state index contributed by atoms with van der Waals surface area (Å²) in [5.41, 5.74) is 1.03. The molecule has 202 valence electrons. The Morgan fingerprint density at radius 1 is 1.26 bits per heavy atom. The van der Waals surface area contributed by atoms with Gasteiger partial charge in [0.2, 0.25) is 0 Å². The second-order valence-corrected chi connectivity index (χ2v) is 13.9. The Hall–Kier alpha value is -2.96. The van der Waals surface area contributed by atoms with Crippen molar-refractivity contribution >= 4 is 48.3 Å². The monoisotopic (exact) mass is 580 g/mol. The summed E-state index contributed by atoms with van der Waals surface area (Å²) in [5, 5.41) is 12.4. The van der Waals surface area contributed by atoms with E-state index in [1.165, 1.54) is 15.3 Å². The second kappa shape index (κ2) is 9.97. The van der Waals surface area contributed by atoms with E-state index < -0.39 is 37.2 Å². The van der Waals surface area contributed by atoms with Crippen molar-refractivity contribution in [2.75, 3.05) is 25.9 Å². The molecular weight excluding hydrogens is 556 g/mol. The number of carbonyl (C=O) groups excluding carboxylic acids is 1. The molecule has 0 radical (unpaired) electrons. The number of carbonyl (C=O) groups is 1. The Morgan fingerprint density at radius 2 is 2.05 bits per heavy atom. The lowest BCUT2D eigenvalue weighted by Crippen LogP contribution is -2.56. The molecule has 2 aliphatic rings. The number of aromatic nitrogens is 2. The van der Waals surface area contributed by atoms with Gasteiger partial charge in [0.1, 0.15) is 16.2 Å². The molecule has 1 fully saturated rings. The number of hydrogen-bond donors (Lipinski definition) is 2. The van der Waals surface area contributed by atoms with Crippen molar-refractivity contribution in [3.8, 4) is 6.07 Å². The number of aromatic amines is 1. The predicted molar refractivity (Wildman–Crippen MR) is 137 cm³/mol. The molecule has 1 aromatic carbocycles. The highest BCUT2D eigenvalue weighted by Gasteiger charge is 2.39. The Balaban J connectivity index is 1.37. The predicted octanol–water partition coefficient (Wildman–Crippen LogP) is 1.64. The number of nitrogens with one attached hydrogen (secondary N) is 2. The number of halogens is 1. The number of nitrogens with zero attached hydrogens (tertiary/aromatic N) is 4. The third kappa shape index (κ3) is 5.04. The number of sulfone groups is 1. The zero-order chi connectivity index (χ0) is 27.2. The fourth-order valence-corrected chi connectivity index (χ4v) is 7.31. The summed E-state index contributed by atoms with van der Waals surface area (Å²) in [5.74, 6) is -0.325. The van der Waals surface area contributed by atoms with E-state index in [0.717, 1.165) is 6.26 Å². The van der Waals surface area contributed by atoms with Gasteiger partial charge < -0.3 is 14.3 Å². The van der Waals surface area contributed by atoms with Gasteiger partial charge in [-0.2, -0.15) is 9.57 Å². The van der Waals surface area contributed by atoms with E-state index in [4.69, 9.17) is 21.3 Å². The van der Waals surface area contributed by atoms with E-state index in [9.17, 15) is 21.6 Å². The third-order valence-corrected chi connectivity index (χ3v) is 10.2. The molecule has 4 heterocycles. The van der Waals surface area contributed by atoms with Crippen LogP contribution in [0.5, 0.6) is 0 Å². The number of fused-ring (bicyclic) bond motifs is 2. The topological polar surface area (TPSA) is 169 Å². The zero-order valence-electron chi connectivity index (χ0n) is 20.3. The minimum absolute atomic E-state index is 0.00992. The average Bonchev–Trinajstić information content (AvgIpc) is 3.50. The van der Waals surface area contributed by atoms with Crippen LogP contribution in [0.4, 0.5) is 0 Å². The van der Waals surface area contributed by atoms with Gasteiger partial charge in [-0.3, -0.25) is 10.1 Å². The maximum atomic E-state index is 13.5. The molecule has 5 rings (SSSR count). The van der Waals surface area contributed by atoms with Gasteiger partial charge in [-0.05, 0) is 30.7 Å². The Kier molecular flexibility index (Phi) is 6.99. The molecule has 1 saturated heterocycles. The summed E-state index contributed by atoms with van der Waals surface area (Å²) in [6, 6.07) is 8.02. The molecular formula is C23H25ClN6O6S2. The highest BCUT2D eigenvalue weighted by molar-refractivity contribution is 7.91. The highest BCUT2D eigenvalue weighted by atomic mass is 35.5. The van der Waals surface area contributed by atoms with E-state index in [2.05, 4.69) is 21.4 Å². The molecule has 2 N–H and O–H groups in total. The number of rotatable bonds is 6. The van der Waals surface area contributed by atoms with Crippen molar-refractivity contribution in [2.24, 2.45) is 0 Å². The second-order valence-electron chi connectivity index (χ2n) is 9.37. The van der Waals surface area contributed by atoms with Crippen LogP contribution in [0.15, 0.2) is 33.7 Å². The number of piperazine rings is 1. The molecule has 0 aliphatic carbocycles. The van der Waals surface area contributed by atoms with Crippen molar-refractivity contribution in [2.45, 2.75) is 42.2 Å². The number of oxazole rings is 1. The van der Waals surface area contributed by atoms with Crippen LogP contribution in [0, 0.1) is 11.3 Å². The van der Waals surface area contributed by atoms with Crippen LogP contribution in [0.2, 0.25) is 5.02 Å². The van der Waals surface area contributed by atoms with Gasteiger partial charge in [-0.15, -0.1) is 0 Å². The first kappa shape index (κ1) is 26.6. The summed E-state index contributed by atoms with van der Waals surface area (Å²) < 4.78 is 57.7. The molecule has 38 heavy (non-hydrogen) atoms. The Morgan fingerprint density at radius 3 is 2.79 bits per heavy atom. The van der Waals surface area contributed by atoms with E-state index in [0.29, 0.717) is 27.4 Å². The number of benzene rings is 1. The molecule has 2 aliphatic heterocycles. The third-order valence-electron chi connectivity index (χ3n) is 6.82. The molecule has 2 atom stereocenters. The maximum Gasteiger partial charge on any atom is 0.310 e. The highest BCUT2D eigenvalue weighted by Crippen LogP contribution is 2.28. The van der Waals surface area contributed by atoms with Crippen molar-refractivity contribution in [1.82, 2.24) is 24.5 Å². The molecule has 12 nitrogen and oxygen atoms in total. The van der Waals surface area contributed by atoms with E-state index in [1.807, 2.05) is 0 Å². The first-order valence-corrected chi connectivity index (χ1v) is 15.6. The van der Waals surface area contributed by atoms with Gasteiger partial charge in [0.25, 0.3) is 15.9 Å². The van der Waals surface area contributed by atoms with Crippen LogP contribution >= 0.6 is 11.6 Å². The molecule has 3 aromatic rings. The van der Waals surface area contributed by atoms with E-state index in [-0.39, 0.29) is 56.4 Å². The summed E-state index contributed by atoms with van der Waals surface area (Å²) in [6.07, 6.45) is 1.58. The first-order valence-electron chi connectivity index (χ1n) is 11.8. The summed E-state index contributed by atoms with van der Waals surface area (Å²) >= 11 is 6.03. The van der Waals surface area contributed by atoms with E-state index >= 15 is 0 Å². The molecule has 0 bridgehead atoms. The first-order chi connectivity index (χ1) is 18.0. The Bertz CT molecular complexity index is 1660. The van der Waals surface area contributed by atoms with Crippen molar-refractivity contribution in [3.05, 3.63) is 46.6 Å². The molecule has 0 spiro atoms. The quantitative estimate of drug-likeness (QED) is 0.440. The molecule has 1 amide bonds. The normalized spacial score (nSPS) is 20.8. The van der Waals surface area contributed by atoms with Gasteiger partial charge in [0.05, 0.1) is 18.3 Å². The number of nitriles is 1. The SMILES string of the molecule is CS(=O)(=O)C1Cc2nc(C(=O)N3CCN(S(=O)(=O)c4cc5cc(Cl)ccc5[nH]4)CC3CCC#N)oc2CN1. The van der Waals surface area contributed by atoms with Crippen LogP contribution in [-0.4, -0.2) is 79.2 Å². The summed E-state index contributed by atoms with van der Waals surface area (Å²) in [4.78, 5) is 22.1. The minimum Gasteiger partial charge on any atom is -0.436 e. The fraction of sp³-hybridized carbons (Fsp3) is 0.435. The van der Waals surface area contributed by atoms with Crippen molar-refractivity contribution in [3.63, 3.8) is 0 Å². The van der Waals surface area contributed by atoms with Crippen LogP contribution < -0.4 is 5.32 Å². The molecule has 15 heteroatoms. The lowest BCUT2D eigenvalue weighted by molar-refractivity contribution is 0.0511. The number of amides is 1. The van der Waals surface area contributed by atoms with Crippen LogP contribution in [-0.2, 0) is 32.8 Å². The standard InChI is InChI=1S/C23H25ClN6O6S2/c1-37(32,33)20-11-18-19(12-26-20)36-22(28-18)23(31)30-8-7-29(13-16(30)3-2-6-25)38(34,35)21-10-14-9-15(24)4-5-17(14)27-21/h4-5,9-10,16,20,26-27H,2-3,7-8,11-13H2,1H3. The lowest BCUT2D eigenvalue weighted by Gasteiger charge is -2.39. The van der Waals surface area contributed by atoms with Gasteiger partial charge >= 0.3 is 5.91 Å². The largest absolute Gasteiger partial charge is 0.436 e. The van der Waals surface area contributed by atoms with Gasteiger partial charge in [0, 0.05) is 60.7 Å². The number of H-pyrrole nitrogens is 1. The average molecular weight is 581 g/mol. The Labute approximate surface area is 224 Å². The van der Waals surface area contributed by atoms with Crippen LogP contribution in [0.3, 0.4) is 0 Å². The lowest BCUT2D eigenvalue weighted by atomic mass is 10.1. The van der Waals surface area contributed by atoms with E-state index in [1.54, 1.807) is 18.2 Å². The van der Waals surface area contributed by atoms with Crippen LogP contribution in [0.25, 0.3) is 10.9 Å². The smallest absolute Gasteiger partial charge is 0.310 e. The van der Waals surface area contributed by atoms with Gasteiger partial charge in [-0.1, -0.05) is 11.6 Å². The molecule has 2 aromatic heterocycles. The van der Waals surface area contributed by atoms with Gasteiger partial charge in [0.15, 0.2) is 9.84 Å². The van der Waals surface area contributed by atoms with Gasteiger partial charge in [-0.25, -0.2) is 21.8 Å².